The molecule has 0 spiro atoms. The molecule has 2 aliphatic rings. The summed E-state index contributed by atoms with van der Waals surface area (Å²) in [5.74, 6) is 1.36. The van der Waals surface area contributed by atoms with E-state index in [1.807, 2.05) is 0 Å². The van der Waals surface area contributed by atoms with E-state index in [2.05, 4.69) is 47.3 Å². The van der Waals surface area contributed by atoms with E-state index in [4.69, 9.17) is 4.74 Å². The highest BCUT2D eigenvalue weighted by Crippen LogP contribution is 2.36. The summed E-state index contributed by atoms with van der Waals surface area (Å²) >= 11 is 0. The molecule has 0 unspecified atom stereocenters. The fraction of sp³-hybridized carbons (Fsp3) is 0.632. The molecule has 1 amide bonds. The monoisotopic (exact) mass is 331 g/mol. The van der Waals surface area contributed by atoms with Gasteiger partial charge in [-0.1, -0.05) is 19.4 Å². The molecule has 0 saturated carbocycles. The van der Waals surface area contributed by atoms with Crippen molar-refractivity contribution in [3.63, 3.8) is 0 Å². The molecular weight excluding hydrogens is 302 g/mol. The molecule has 2 heterocycles. The third kappa shape index (κ3) is 3.66. The van der Waals surface area contributed by atoms with Crippen LogP contribution in [0.5, 0.6) is 5.75 Å². The fourth-order valence-electron chi connectivity index (χ4n) is 3.87. The summed E-state index contributed by atoms with van der Waals surface area (Å²) in [5.41, 5.74) is 2.62. The van der Waals surface area contributed by atoms with Crippen molar-refractivity contribution in [1.82, 2.24) is 10.2 Å². The van der Waals surface area contributed by atoms with E-state index < -0.39 is 0 Å². The van der Waals surface area contributed by atoms with Gasteiger partial charge in [-0.2, -0.15) is 0 Å². The summed E-state index contributed by atoms with van der Waals surface area (Å²) < 4.78 is 6.07. The summed E-state index contributed by atoms with van der Waals surface area (Å²) in [6.45, 7) is 7.15. The minimum atomic E-state index is 0.196. The first-order chi connectivity index (χ1) is 11.7. The van der Waals surface area contributed by atoms with E-state index in [0.29, 0.717) is 12.5 Å². The second kappa shape index (κ2) is 7.88. The molecule has 1 aromatic rings. The lowest BCUT2D eigenvalue weighted by atomic mass is 9.87. The van der Waals surface area contributed by atoms with Crippen molar-refractivity contribution in [3.05, 3.63) is 23.8 Å². The lowest BCUT2D eigenvalue weighted by Crippen LogP contribution is -2.45. The molecular formula is C19H29N3O2. The largest absolute Gasteiger partial charge is 0.493 e. The molecule has 1 saturated heterocycles. The van der Waals surface area contributed by atoms with Crippen LogP contribution >= 0.6 is 0 Å². The van der Waals surface area contributed by atoms with Crippen LogP contribution in [0.2, 0.25) is 0 Å². The van der Waals surface area contributed by atoms with Gasteiger partial charge in [-0.3, -0.25) is 4.79 Å². The van der Waals surface area contributed by atoms with Crippen LogP contribution in [0.15, 0.2) is 18.2 Å². The van der Waals surface area contributed by atoms with Gasteiger partial charge in [-0.25, -0.2) is 0 Å². The van der Waals surface area contributed by atoms with E-state index in [9.17, 15) is 4.79 Å². The number of ether oxygens (including phenoxy) is 1. The molecule has 1 fully saturated rings. The fourth-order valence-corrected chi connectivity index (χ4v) is 3.87. The Balaban J connectivity index is 1.80. The van der Waals surface area contributed by atoms with Gasteiger partial charge in [0.05, 0.1) is 6.61 Å². The van der Waals surface area contributed by atoms with Crippen molar-refractivity contribution in [2.45, 2.75) is 32.2 Å². The first-order valence-electron chi connectivity index (χ1n) is 9.10. The van der Waals surface area contributed by atoms with Crippen LogP contribution in [-0.2, 0) is 11.2 Å². The Kier molecular flexibility index (Phi) is 5.61. The Bertz CT molecular complexity index is 556. The predicted octanol–water partition coefficient (Wildman–Crippen LogP) is 1.90. The standard InChI is InChI=1S/C19H29N3O2/c1-3-5-17(20-14-23)15-12-16-18(6-4-7-19(16)24-13-15)22-10-8-21(2)9-11-22/h4,6-7,14-15,17H,3,5,8-13H2,1-2H3,(H,20,23)/t15-,17+/m1/s1. The zero-order valence-electron chi connectivity index (χ0n) is 14.8. The second-order valence-electron chi connectivity index (χ2n) is 7.00. The van der Waals surface area contributed by atoms with Crippen molar-refractivity contribution in [2.75, 3.05) is 44.7 Å². The molecule has 0 radical (unpaired) electrons. The number of benzene rings is 1. The third-order valence-corrected chi connectivity index (χ3v) is 5.32. The van der Waals surface area contributed by atoms with Gasteiger partial charge < -0.3 is 19.9 Å². The molecule has 0 bridgehead atoms. The number of nitrogens with one attached hydrogen (secondary N) is 1. The number of hydrogen-bond donors (Lipinski definition) is 1. The summed E-state index contributed by atoms with van der Waals surface area (Å²) in [5, 5.41) is 3.01. The number of likely N-dealkylation sites (N-methyl/N-ethyl adjacent to an activating group) is 1. The molecule has 2 atom stereocenters. The first-order valence-corrected chi connectivity index (χ1v) is 9.10. The summed E-state index contributed by atoms with van der Waals surface area (Å²) in [6, 6.07) is 6.59. The summed E-state index contributed by atoms with van der Waals surface area (Å²) in [4.78, 5) is 15.8. The van der Waals surface area contributed by atoms with Crippen molar-refractivity contribution in [2.24, 2.45) is 5.92 Å². The SMILES string of the molecule is CCC[C@H](NC=O)[C@H]1COc2cccc(N3CCN(C)CC3)c2C1. The molecule has 1 N–H and O–H groups in total. The predicted molar refractivity (Wildman–Crippen MR) is 96.7 cm³/mol. The summed E-state index contributed by atoms with van der Waals surface area (Å²) in [7, 11) is 2.18. The Hall–Kier alpha value is -1.75. The van der Waals surface area contributed by atoms with Gasteiger partial charge in [0.25, 0.3) is 0 Å². The Morgan fingerprint density at radius 3 is 2.83 bits per heavy atom. The number of carbonyl (C=O) groups is 1. The Morgan fingerprint density at radius 2 is 2.12 bits per heavy atom. The molecule has 24 heavy (non-hydrogen) atoms. The van der Waals surface area contributed by atoms with Crippen LogP contribution in [0, 0.1) is 5.92 Å². The maximum Gasteiger partial charge on any atom is 0.207 e. The van der Waals surface area contributed by atoms with Crippen molar-refractivity contribution in [1.29, 1.82) is 0 Å². The topological polar surface area (TPSA) is 44.8 Å². The molecule has 5 heteroatoms. The lowest BCUT2D eigenvalue weighted by molar-refractivity contribution is -0.110. The number of anilines is 1. The number of nitrogens with zero attached hydrogens (tertiary/aromatic N) is 2. The second-order valence-corrected chi connectivity index (χ2v) is 7.00. The van der Waals surface area contributed by atoms with E-state index in [1.54, 1.807) is 0 Å². The van der Waals surface area contributed by atoms with E-state index >= 15 is 0 Å². The van der Waals surface area contributed by atoms with Crippen LogP contribution in [0.3, 0.4) is 0 Å². The summed E-state index contributed by atoms with van der Waals surface area (Å²) in [6.07, 6.45) is 3.87. The normalized spacial score (nSPS) is 22.4. The number of hydrogen-bond acceptors (Lipinski definition) is 4. The molecule has 0 aliphatic carbocycles. The molecule has 132 valence electrons. The maximum absolute atomic E-state index is 11.0. The molecule has 5 nitrogen and oxygen atoms in total. The highest BCUT2D eigenvalue weighted by atomic mass is 16.5. The van der Waals surface area contributed by atoms with Gasteiger partial charge >= 0.3 is 0 Å². The Morgan fingerprint density at radius 1 is 1.33 bits per heavy atom. The van der Waals surface area contributed by atoms with Crippen LogP contribution in [0.25, 0.3) is 0 Å². The zero-order valence-corrected chi connectivity index (χ0v) is 14.8. The number of piperazine rings is 1. The van der Waals surface area contributed by atoms with Gasteiger partial charge in [0.2, 0.25) is 6.41 Å². The van der Waals surface area contributed by atoms with Crippen molar-refractivity contribution < 1.29 is 9.53 Å². The molecule has 1 aromatic carbocycles. The average Bonchev–Trinajstić information content (AvgIpc) is 2.61. The molecule has 3 rings (SSSR count). The molecule has 0 aromatic heterocycles. The van der Waals surface area contributed by atoms with Gasteiger partial charge in [-0.15, -0.1) is 0 Å². The first kappa shape index (κ1) is 17.1. The van der Waals surface area contributed by atoms with Gasteiger partial charge in [-0.05, 0) is 32.0 Å². The van der Waals surface area contributed by atoms with Crippen molar-refractivity contribution in [3.8, 4) is 5.75 Å². The minimum Gasteiger partial charge on any atom is -0.493 e. The smallest absolute Gasteiger partial charge is 0.207 e. The number of rotatable bonds is 6. The zero-order chi connectivity index (χ0) is 16.9. The lowest BCUT2D eigenvalue weighted by Gasteiger charge is -2.38. The average molecular weight is 331 g/mol. The van der Waals surface area contributed by atoms with Gasteiger partial charge in [0, 0.05) is 49.4 Å². The highest BCUT2D eigenvalue weighted by molar-refractivity contribution is 5.60. The van der Waals surface area contributed by atoms with Gasteiger partial charge in [0.1, 0.15) is 5.75 Å². The van der Waals surface area contributed by atoms with Crippen LogP contribution in [0.1, 0.15) is 25.3 Å². The quantitative estimate of drug-likeness (QED) is 0.809. The number of fused-ring (bicyclic) bond motifs is 1. The highest BCUT2D eigenvalue weighted by Gasteiger charge is 2.30. The van der Waals surface area contributed by atoms with E-state index in [0.717, 1.165) is 57.6 Å². The van der Waals surface area contributed by atoms with Crippen molar-refractivity contribution >= 4 is 12.1 Å². The number of amides is 1. The third-order valence-electron chi connectivity index (χ3n) is 5.32. The van der Waals surface area contributed by atoms with Crippen LogP contribution in [0.4, 0.5) is 5.69 Å². The van der Waals surface area contributed by atoms with Crippen LogP contribution in [-0.4, -0.2) is 57.2 Å². The number of carbonyl (C=O) groups excluding carboxylic acids is 1. The van der Waals surface area contributed by atoms with E-state index in [-0.39, 0.29) is 6.04 Å². The van der Waals surface area contributed by atoms with Gasteiger partial charge in [0.15, 0.2) is 0 Å². The molecule has 2 aliphatic heterocycles. The van der Waals surface area contributed by atoms with E-state index in [1.165, 1.54) is 11.3 Å². The van der Waals surface area contributed by atoms with Crippen LogP contribution < -0.4 is 15.0 Å². The maximum atomic E-state index is 11.0. The minimum absolute atomic E-state index is 0.196. The Labute approximate surface area is 145 Å².